The molecule has 1 amide bonds. The SMILES string of the molecule is CC(=O)OC(Cl)c1c(OC(=O)N(C)C)cc(Cl)c(Cl)c1Cl. The smallest absolute Gasteiger partial charge is 0.414 e. The first kappa shape index (κ1) is 18.2. The van der Waals surface area contributed by atoms with Gasteiger partial charge in [-0.15, -0.1) is 0 Å². The van der Waals surface area contributed by atoms with E-state index in [9.17, 15) is 9.59 Å². The second kappa shape index (κ2) is 7.40. The number of halogens is 4. The first-order valence-corrected chi connectivity index (χ1v) is 7.10. The number of esters is 1. The second-order valence-corrected chi connectivity index (χ2v) is 5.65. The molecule has 0 saturated carbocycles. The molecule has 0 fully saturated rings. The van der Waals surface area contributed by atoms with Gasteiger partial charge >= 0.3 is 12.1 Å². The number of hydrogen-bond donors (Lipinski definition) is 0. The molecule has 1 atom stereocenters. The zero-order valence-corrected chi connectivity index (χ0v) is 14.3. The molecule has 5 nitrogen and oxygen atoms in total. The zero-order valence-electron chi connectivity index (χ0n) is 11.2. The number of carbonyl (C=O) groups is 2. The van der Waals surface area contributed by atoms with Crippen LogP contribution in [0.5, 0.6) is 5.75 Å². The third-order valence-electron chi connectivity index (χ3n) is 2.22. The van der Waals surface area contributed by atoms with Crippen molar-refractivity contribution in [2.75, 3.05) is 14.1 Å². The monoisotopic (exact) mass is 373 g/mol. The minimum atomic E-state index is -1.28. The average Bonchev–Trinajstić information content (AvgIpc) is 2.34. The molecule has 0 radical (unpaired) electrons. The predicted octanol–water partition coefficient (Wildman–Crippen LogP) is 4.51. The minimum Gasteiger partial charge on any atom is -0.441 e. The van der Waals surface area contributed by atoms with Crippen LogP contribution < -0.4 is 4.74 Å². The van der Waals surface area contributed by atoms with Crippen molar-refractivity contribution < 1.29 is 19.1 Å². The topological polar surface area (TPSA) is 55.8 Å². The number of carbonyl (C=O) groups excluding carboxylic acids is 2. The summed E-state index contributed by atoms with van der Waals surface area (Å²) >= 11 is 23.8. The Kier molecular flexibility index (Phi) is 6.41. The van der Waals surface area contributed by atoms with E-state index in [1.807, 2.05) is 0 Å². The molecule has 9 heteroatoms. The standard InChI is InChI=1S/C12H11Cl4NO4/c1-5(18)20-11(16)8-7(21-12(19)17(2)3)4-6(13)9(14)10(8)15/h4,11H,1-3H3. The highest BCUT2D eigenvalue weighted by Crippen LogP contribution is 2.44. The lowest BCUT2D eigenvalue weighted by molar-refractivity contribution is -0.143. The lowest BCUT2D eigenvalue weighted by Gasteiger charge is -2.19. The van der Waals surface area contributed by atoms with Gasteiger partial charge in [0, 0.05) is 27.1 Å². The summed E-state index contributed by atoms with van der Waals surface area (Å²) in [6, 6.07) is 1.27. The Balaban J connectivity index is 3.33. The summed E-state index contributed by atoms with van der Waals surface area (Å²) in [5.74, 6) is -0.684. The molecule has 21 heavy (non-hydrogen) atoms. The highest BCUT2D eigenvalue weighted by Gasteiger charge is 2.26. The molecule has 1 aromatic rings. The van der Waals surface area contributed by atoms with Gasteiger partial charge in [0.2, 0.25) is 5.56 Å². The number of hydrogen-bond acceptors (Lipinski definition) is 4. The molecule has 0 aliphatic carbocycles. The highest BCUT2D eigenvalue weighted by molar-refractivity contribution is 6.48. The van der Waals surface area contributed by atoms with E-state index < -0.39 is 17.6 Å². The normalized spacial score (nSPS) is 11.8. The Morgan fingerprint density at radius 1 is 1.19 bits per heavy atom. The van der Waals surface area contributed by atoms with Gasteiger partial charge in [-0.3, -0.25) is 4.79 Å². The number of alkyl halides is 1. The molecule has 0 heterocycles. The van der Waals surface area contributed by atoms with Crippen LogP contribution in [0.2, 0.25) is 15.1 Å². The van der Waals surface area contributed by atoms with Crippen LogP contribution >= 0.6 is 46.4 Å². The molecule has 1 rings (SSSR count). The van der Waals surface area contributed by atoms with Crippen LogP contribution in [-0.4, -0.2) is 31.1 Å². The Morgan fingerprint density at radius 3 is 2.24 bits per heavy atom. The van der Waals surface area contributed by atoms with Crippen LogP contribution in [0.1, 0.15) is 18.1 Å². The summed E-state index contributed by atoms with van der Waals surface area (Å²) in [6.07, 6.45) is -0.683. The van der Waals surface area contributed by atoms with Gasteiger partial charge in [-0.25, -0.2) is 4.79 Å². The van der Waals surface area contributed by atoms with Crippen molar-refractivity contribution in [3.05, 3.63) is 26.7 Å². The Morgan fingerprint density at radius 2 is 1.76 bits per heavy atom. The third kappa shape index (κ3) is 4.54. The first-order chi connectivity index (χ1) is 9.65. The fraction of sp³-hybridized carbons (Fsp3) is 0.333. The highest BCUT2D eigenvalue weighted by atomic mass is 35.5. The maximum absolute atomic E-state index is 11.7. The van der Waals surface area contributed by atoms with Crippen molar-refractivity contribution in [2.24, 2.45) is 0 Å². The largest absolute Gasteiger partial charge is 0.441 e. The van der Waals surface area contributed by atoms with E-state index in [2.05, 4.69) is 0 Å². The molecule has 0 aromatic heterocycles. The van der Waals surface area contributed by atoms with Crippen LogP contribution in [0.4, 0.5) is 4.79 Å². The molecule has 1 unspecified atom stereocenters. The minimum absolute atomic E-state index is 0.00999. The number of amides is 1. The zero-order chi connectivity index (χ0) is 16.3. The summed E-state index contributed by atoms with van der Waals surface area (Å²) in [7, 11) is 2.98. The van der Waals surface area contributed by atoms with Crippen molar-refractivity contribution >= 4 is 58.5 Å². The maximum Gasteiger partial charge on any atom is 0.414 e. The van der Waals surface area contributed by atoms with Crippen LogP contribution in [0.15, 0.2) is 6.07 Å². The van der Waals surface area contributed by atoms with Crippen LogP contribution in [0, 0.1) is 0 Å². The Labute approximate surface area is 141 Å². The van der Waals surface area contributed by atoms with E-state index in [1.54, 1.807) is 0 Å². The molecule has 0 N–H and O–H groups in total. The van der Waals surface area contributed by atoms with Gasteiger partial charge in [0.15, 0.2) is 0 Å². The molecular formula is C12H11Cl4NO4. The van der Waals surface area contributed by atoms with Gasteiger partial charge in [0.25, 0.3) is 0 Å². The summed E-state index contributed by atoms with van der Waals surface area (Å²) < 4.78 is 9.94. The van der Waals surface area contributed by atoms with Crippen molar-refractivity contribution in [3.8, 4) is 5.75 Å². The number of nitrogens with zero attached hydrogens (tertiary/aromatic N) is 1. The van der Waals surface area contributed by atoms with E-state index >= 15 is 0 Å². The third-order valence-corrected chi connectivity index (χ3v) is 3.80. The number of ether oxygens (including phenoxy) is 2. The summed E-state index contributed by atoms with van der Waals surface area (Å²) in [5.41, 5.74) is -1.24. The van der Waals surface area contributed by atoms with Crippen LogP contribution in [0.25, 0.3) is 0 Å². The van der Waals surface area contributed by atoms with Crippen molar-refractivity contribution in [1.29, 1.82) is 0 Å². The summed E-state index contributed by atoms with van der Waals surface area (Å²) in [6.45, 7) is 1.17. The quantitative estimate of drug-likeness (QED) is 0.443. The molecule has 0 saturated heterocycles. The lowest BCUT2D eigenvalue weighted by Crippen LogP contribution is -2.26. The molecule has 1 aromatic carbocycles. The molecule has 116 valence electrons. The fourth-order valence-electron chi connectivity index (χ4n) is 1.27. The summed E-state index contributed by atoms with van der Waals surface area (Å²) in [4.78, 5) is 23.8. The van der Waals surface area contributed by atoms with Gasteiger partial charge in [-0.1, -0.05) is 46.4 Å². The lowest BCUT2D eigenvalue weighted by atomic mass is 10.2. The Bertz CT molecular complexity index is 577. The van der Waals surface area contributed by atoms with Gasteiger partial charge in [0.05, 0.1) is 20.6 Å². The molecular weight excluding hydrogens is 364 g/mol. The number of rotatable bonds is 3. The molecule has 0 bridgehead atoms. The van der Waals surface area contributed by atoms with Gasteiger partial charge in [-0.2, -0.15) is 0 Å². The van der Waals surface area contributed by atoms with Crippen molar-refractivity contribution in [1.82, 2.24) is 4.90 Å². The molecule has 0 spiro atoms. The van der Waals surface area contributed by atoms with Crippen LogP contribution in [-0.2, 0) is 9.53 Å². The predicted molar refractivity (Wildman–Crippen MR) is 81.5 cm³/mol. The average molecular weight is 375 g/mol. The molecule has 0 aliphatic heterocycles. The van der Waals surface area contributed by atoms with E-state index in [0.29, 0.717) is 0 Å². The van der Waals surface area contributed by atoms with Gasteiger partial charge in [-0.05, 0) is 0 Å². The van der Waals surface area contributed by atoms with Crippen molar-refractivity contribution in [2.45, 2.75) is 12.5 Å². The second-order valence-electron chi connectivity index (χ2n) is 4.09. The molecule has 0 aliphatic rings. The Hall–Kier alpha value is -0.880. The van der Waals surface area contributed by atoms with Crippen molar-refractivity contribution in [3.63, 3.8) is 0 Å². The number of benzene rings is 1. The summed E-state index contributed by atoms with van der Waals surface area (Å²) in [5, 5.41) is 0.0152. The van der Waals surface area contributed by atoms with Gasteiger partial charge in [0.1, 0.15) is 5.75 Å². The van der Waals surface area contributed by atoms with E-state index in [0.717, 1.165) is 0 Å². The fourth-order valence-corrected chi connectivity index (χ4v) is 2.36. The van der Waals surface area contributed by atoms with E-state index in [4.69, 9.17) is 55.9 Å². The maximum atomic E-state index is 11.7. The van der Waals surface area contributed by atoms with E-state index in [-0.39, 0.29) is 26.4 Å². The first-order valence-electron chi connectivity index (χ1n) is 5.53. The van der Waals surface area contributed by atoms with Gasteiger partial charge < -0.3 is 14.4 Å². The van der Waals surface area contributed by atoms with E-state index in [1.165, 1.54) is 32.0 Å². The van der Waals surface area contributed by atoms with Crippen LogP contribution in [0.3, 0.4) is 0 Å².